The van der Waals surface area contributed by atoms with Crippen molar-refractivity contribution in [3.8, 4) is 0 Å². The zero-order valence-corrected chi connectivity index (χ0v) is 18.9. The van der Waals surface area contributed by atoms with Crippen LogP contribution < -0.4 is 27.4 Å². The van der Waals surface area contributed by atoms with Crippen molar-refractivity contribution in [3.63, 3.8) is 0 Å². The fourth-order valence-corrected chi connectivity index (χ4v) is 2.77. The van der Waals surface area contributed by atoms with Crippen molar-refractivity contribution in [2.24, 2.45) is 23.3 Å². The first kappa shape index (κ1) is 28.8. The number of nitrogens with one attached hydrogen (secondary N) is 3. The first-order chi connectivity index (χ1) is 14.5. The number of carboxylic acid groups (broad SMARTS) is 1. The molecular weight excluding hydrogens is 406 g/mol. The van der Waals surface area contributed by atoms with Crippen molar-refractivity contribution in [1.29, 1.82) is 0 Å². The van der Waals surface area contributed by atoms with Crippen molar-refractivity contribution in [1.82, 2.24) is 16.0 Å². The van der Waals surface area contributed by atoms with Crippen molar-refractivity contribution in [2.75, 3.05) is 13.2 Å². The molecule has 0 saturated carbocycles. The molecule has 0 unspecified atom stereocenters. The molecule has 0 radical (unpaired) electrons. The number of amides is 3. The molecule has 0 aromatic rings. The van der Waals surface area contributed by atoms with Crippen LogP contribution in [0.4, 0.5) is 0 Å². The van der Waals surface area contributed by atoms with Gasteiger partial charge in [-0.1, -0.05) is 34.1 Å². The first-order valence-corrected chi connectivity index (χ1v) is 10.7. The van der Waals surface area contributed by atoms with Crippen LogP contribution in [0.3, 0.4) is 0 Å². The predicted octanol–water partition coefficient (Wildman–Crippen LogP) is -1.32. The molecule has 0 aromatic heterocycles. The van der Waals surface area contributed by atoms with E-state index in [1.54, 1.807) is 20.8 Å². The SMILES string of the molecule is CC[C@H](C)[C@H](N)C(=O)N[C@@H](CO)C(=O)N[C@H](C(=O)N[C@@H](CCCCN)C(=O)O)C(C)C. The highest BCUT2D eigenvalue weighted by atomic mass is 16.4. The summed E-state index contributed by atoms with van der Waals surface area (Å²) in [5, 5.41) is 26.2. The standard InChI is InChI=1S/C20H39N5O6/c1-5-12(4)15(22)18(28)24-14(10-26)17(27)25-16(11(2)3)19(29)23-13(20(30)31)8-6-7-9-21/h11-16,26H,5-10,21-22H2,1-4H3,(H,23,29)(H,24,28)(H,25,27)(H,30,31)/t12-,13-,14-,15-,16-/m0/s1. The molecule has 0 saturated heterocycles. The number of unbranched alkanes of at least 4 members (excludes halogenated alkanes) is 1. The Hall–Kier alpha value is -2.24. The van der Waals surface area contributed by atoms with Gasteiger partial charge in [0, 0.05) is 0 Å². The fraction of sp³-hybridized carbons (Fsp3) is 0.800. The second kappa shape index (κ2) is 14.7. The summed E-state index contributed by atoms with van der Waals surface area (Å²) in [6.45, 7) is 6.76. The predicted molar refractivity (Wildman–Crippen MR) is 116 cm³/mol. The molecule has 0 aliphatic carbocycles. The molecule has 0 rings (SSSR count). The second-order valence-electron chi connectivity index (χ2n) is 8.07. The molecule has 0 fully saturated rings. The average molecular weight is 446 g/mol. The van der Waals surface area contributed by atoms with Gasteiger partial charge in [-0.05, 0) is 37.6 Å². The molecule has 0 aliphatic rings. The van der Waals surface area contributed by atoms with E-state index in [2.05, 4.69) is 16.0 Å². The van der Waals surface area contributed by atoms with Gasteiger partial charge in [0.2, 0.25) is 17.7 Å². The summed E-state index contributed by atoms with van der Waals surface area (Å²) in [6.07, 6.45) is 2.03. The summed E-state index contributed by atoms with van der Waals surface area (Å²) in [5.41, 5.74) is 11.3. The number of carboxylic acids is 1. The van der Waals surface area contributed by atoms with Gasteiger partial charge in [0.25, 0.3) is 0 Å². The molecule has 11 heteroatoms. The topological polar surface area (TPSA) is 197 Å². The number of nitrogens with two attached hydrogens (primary N) is 2. The number of carbonyl (C=O) groups is 4. The van der Waals surface area contributed by atoms with Gasteiger partial charge in [0.15, 0.2) is 0 Å². The molecule has 0 aromatic carbocycles. The monoisotopic (exact) mass is 445 g/mol. The third-order valence-corrected chi connectivity index (χ3v) is 5.18. The van der Waals surface area contributed by atoms with Crippen molar-refractivity contribution >= 4 is 23.7 Å². The summed E-state index contributed by atoms with van der Waals surface area (Å²) < 4.78 is 0. The minimum Gasteiger partial charge on any atom is -0.480 e. The molecule has 0 heterocycles. The van der Waals surface area contributed by atoms with Crippen LogP contribution in [0.5, 0.6) is 0 Å². The molecule has 11 nitrogen and oxygen atoms in total. The van der Waals surface area contributed by atoms with E-state index in [1.165, 1.54) is 0 Å². The van der Waals surface area contributed by atoms with E-state index >= 15 is 0 Å². The maximum atomic E-state index is 12.7. The Morgan fingerprint density at radius 3 is 1.94 bits per heavy atom. The second-order valence-corrected chi connectivity index (χ2v) is 8.07. The van der Waals surface area contributed by atoms with Crippen molar-refractivity contribution < 1.29 is 29.4 Å². The van der Waals surface area contributed by atoms with Crippen LogP contribution in [0.25, 0.3) is 0 Å². The van der Waals surface area contributed by atoms with E-state index in [0.717, 1.165) is 0 Å². The normalized spacial score (nSPS) is 16.0. The molecule has 31 heavy (non-hydrogen) atoms. The van der Waals surface area contributed by atoms with E-state index in [-0.39, 0.29) is 18.3 Å². The van der Waals surface area contributed by atoms with Crippen molar-refractivity contribution in [3.05, 3.63) is 0 Å². The number of carbonyl (C=O) groups excluding carboxylic acids is 3. The lowest BCUT2D eigenvalue weighted by atomic mass is 9.99. The van der Waals surface area contributed by atoms with Gasteiger partial charge >= 0.3 is 5.97 Å². The van der Waals surface area contributed by atoms with Gasteiger partial charge in [-0.3, -0.25) is 14.4 Å². The number of aliphatic carboxylic acids is 1. The summed E-state index contributed by atoms with van der Waals surface area (Å²) in [4.78, 5) is 48.9. The highest BCUT2D eigenvalue weighted by Gasteiger charge is 2.32. The molecule has 0 spiro atoms. The fourth-order valence-electron chi connectivity index (χ4n) is 2.77. The molecule has 180 valence electrons. The lowest BCUT2D eigenvalue weighted by Gasteiger charge is -2.27. The van der Waals surface area contributed by atoms with Crippen LogP contribution in [0.15, 0.2) is 0 Å². The minimum atomic E-state index is -1.29. The van der Waals surface area contributed by atoms with E-state index < -0.39 is 54.5 Å². The summed E-state index contributed by atoms with van der Waals surface area (Å²) in [5.74, 6) is -3.69. The maximum absolute atomic E-state index is 12.7. The number of hydrogen-bond donors (Lipinski definition) is 7. The van der Waals surface area contributed by atoms with Crippen LogP contribution in [0, 0.1) is 11.8 Å². The molecule has 0 bridgehead atoms. The number of rotatable bonds is 15. The van der Waals surface area contributed by atoms with E-state index in [0.29, 0.717) is 25.8 Å². The zero-order valence-electron chi connectivity index (χ0n) is 18.9. The van der Waals surface area contributed by atoms with Gasteiger partial charge in [-0.15, -0.1) is 0 Å². The average Bonchev–Trinajstić information content (AvgIpc) is 2.72. The van der Waals surface area contributed by atoms with Gasteiger partial charge < -0.3 is 37.6 Å². The molecular formula is C20H39N5O6. The number of aliphatic hydroxyl groups excluding tert-OH is 1. The third kappa shape index (κ3) is 10.1. The third-order valence-electron chi connectivity index (χ3n) is 5.18. The Balaban J connectivity index is 5.15. The van der Waals surface area contributed by atoms with E-state index in [1.807, 2.05) is 6.92 Å². The highest BCUT2D eigenvalue weighted by molar-refractivity contribution is 5.94. The Labute approximate surface area is 183 Å². The van der Waals surface area contributed by atoms with Gasteiger partial charge in [-0.2, -0.15) is 0 Å². The Morgan fingerprint density at radius 1 is 0.903 bits per heavy atom. The van der Waals surface area contributed by atoms with Crippen LogP contribution >= 0.6 is 0 Å². The lowest BCUT2D eigenvalue weighted by Crippen LogP contribution is -2.59. The zero-order chi connectivity index (χ0) is 24.1. The van der Waals surface area contributed by atoms with Crippen LogP contribution in [0.2, 0.25) is 0 Å². The van der Waals surface area contributed by atoms with E-state index in [4.69, 9.17) is 11.5 Å². The van der Waals surface area contributed by atoms with Crippen LogP contribution in [-0.4, -0.2) is 71.2 Å². The Kier molecular flexibility index (Phi) is 13.6. The molecule has 0 aliphatic heterocycles. The highest BCUT2D eigenvalue weighted by Crippen LogP contribution is 2.08. The maximum Gasteiger partial charge on any atom is 0.326 e. The number of aliphatic hydroxyl groups is 1. The summed E-state index contributed by atoms with van der Waals surface area (Å²) in [7, 11) is 0. The van der Waals surface area contributed by atoms with Gasteiger partial charge in [0.05, 0.1) is 12.6 Å². The quantitative estimate of drug-likeness (QED) is 0.150. The van der Waals surface area contributed by atoms with Crippen LogP contribution in [-0.2, 0) is 19.2 Å². The smallest absolute Gasteiger partial charge is 0.326 e. The lowest BCUT2D eigenvalue weighted by molar-refractivity contribution is -0.143. The molecule has 3 amide bonds. The molecule has 9 N–H and O–H groups in total. The summed E-state index contributed by atoms with van der Waals surface area (Å²) in [6, 6.07) is -4.31. The number of hydrogen-bond acceptors (Lipinski definition) is 7. The van der Waals surface area contributed by atoms with Gasteiger partial charge in [0.1, 0.15) is 18.1 Å². The Bertz CT molecular complexity index is 601. The minimum absolute atomic E-state index is 0.121. The van der Waals surface area contributed by atoms with Crippen molar-refractivity contribution in [2.45, 2.75) is 77.5 Å². The summed E-state index contributed by atoms with van der Waals surface area (Å²) >= 11 is 0. The van der Waals surface area contributed by atoms with E-state index in [9.17, 15) is 29.4 Å². The largest absolute Gasteiger partial charge is 0.480 e. The van der Waals surface area contributed by atoms with Crippen LogP contribution in [0.1, 0.15) is 53.4 Å². The van der Waals surface area contributed by atoms with Gasteiger partial charge in [-0.25, -0.2) is 4.79 Å². The molecule has 5 atom stereocenters. The Morgan fingerprint density at radius 2 is 1.48 bits per heavy atom. The first-order valence-electron chi connectivity index (χ1n) is 10.7.